The molecule has 0 spiro atoms. The number of benzene rings is 1. The minimum atomic E-state index is -4.31. The van der Waals surface area contributed by atoms with E-state index in [1.54, 1.807) is 6.07 Å². The summed E-state index contributed by atoms with van der Waals surface area (Å²) in [5.41, 5.74) is 5.11. The van der Waals surface area contributed by atoms with Crippen LogP contribution < -0.4 is 10.5 Å². The first-order valence-corrected chi connectivity index (χ1v) is 6.77. The van der Waals surface area contributed by atoms with Crippen LogP contribution in [0.25, 0.3) is 0 Å². The second-order valence-electron chi connectivity index (χ2n) is 3.06. The maximum Gasteiger partial charge on any atom is 0.387 e. The van der Waals surface area contributed by atoms with Crippen LogP contribution in [0.15, 0.2) is 17.0 Å². The van der Waals surface area contributed by atoms with Crippen LogP contribution in [0.4, 0.5) is 8.78 Å². The molecular formula is C9H7ClF2N2O3S. The molecule has 0 saturated carbocycles. The average Bonchev–Trinajstić information content (AvgIpc) is 2.25. The molecule has 0 aromatic heterocycles. The van der Waals surface area contributed by atoms with Crippen LogP contribution in [0, 0.1) is 11.3 Å². The molecule has 18 heavy (non-hydrogen) atoms. The van der Waals surface area contributed by atoms with Crippen molar-refractivity contribution in [3.63, 3.8) is 0 Å². The zero-order valence-electron chi connectivity index (χ0n) is 8.73. The van der Waals surface area contributed by atoms with Crippen LogP contribution >= 0.6 is 10.7 Å². The molecule has 0 saturated heterocycles. The van der Waals surface area contributed by atoms with Gasteiger partial charge in [-0.15, -0.1) is 0 Å². The summed E-state index contributed by atoms with van der Waals surface area (Å²) in [6.45, 7) is -3.42. The van der Waals surface area contributed by atoms with Crippen LogP contribution in [0.2, 0.25) is 0 Å². The first kappa shape index (κ1) is 14.6. The van der Waals surface area contributed by atoms with E-state index in [4.69, 9.17) is 21.7 Å². The average molecular weight is 297 g/mol. The summed E-state index contributed by atoms with van der Waals surface area (Å²) < 4.78 is 50.9. The number of hydrogen-bond acceptors (Lipinski definition) is 5. The predicted molar refractivity (Wildman–Crippen MR) is 58.7 cm³/mol. The molecule has 0 bridgehead atoms. The van der Waals surface area contributed by atoms with E-state index in [0.717, 1.165) is 6.07 Å². The number of alkyl halides is 2. The first-order chi connectivity index (χ1) is 8.31. The highest BCUT2D eigenvalue weighted by atomic mass is 35.7. The third-order valence-electron chi connectivity index (χ3n) is 2.01. The summed E-state index contributed by atoms with van der Waals surface area (Å²) in [6, 6.07) is 3.75. The third kappa shape index (κ3) is 3.07. The van der Waals surface area contributed by atoms with E-state index in [-0.39, 0.29) is 17.7 Å². The van der Waals surface area contributed by atoms with E-state index in [9.17, 15) is 17.2 Å². The van der Waals surface area contributed by atoms with Gasteiger partial charge < -0.3 is 10.5 Å². The predicted octanol–water partition coefficient (Wildman–Crippen LogP) is 1.55. The van der Waals surface area contributed by atoms with Gasteiger partial charge in [0.1, 0.15) is 16.5 Å². The maximum absolute atomic E-state index is 12.2. The summed E-state index contributed by atoms with van der Waals surface area (Å²) in [6.07, 6.45) is 0. The summed E-state index contributed by atoms with van der Waals surface area (Å²) in [4.78, 5) is -0.696. The Kier molecular flexibility index (Phi) is 4.45. The number of halogens is 3. The first-order valence-electron chi connectivity index (χ1n) is 4.46. The molecule has 0 heterocycles. The lowest BCUT2D eigenvalue weighted by Crippen LogP contribution is -2.10. The van der Waals surface area contributed by atoms with Crippen molar-refractivity contribution in [3.8, 4) is 11.8 Å². The van der Waals surface area contributed by atoms with Gasteiger partial charge in [-0.05, 0) is 11.6 Å². The minimum Gasteiger partial charge on any atom is -0.432 e. The van der Waals surface area contributed by atoms with Crippen molar-refractivity contribution < 1.29 is 21.9 Å². The van der Waals surface area contributed by atoms with E-state index in [1.807, 2.05) is 0 Å². The summed E-state index contributed by atoms with van der Waals surface area (Å²) in [5, 5.41) is 8.87. The third-order valence-corrected chi connectivity index (χ3v) is 3.35. The SMILES string of the molecule is N#Cc1c(CN)ccc(S(=O)(=O)Cl)c1OC(F)F. The van der Waals surface area contributed by atoms with Gasteiger partial charge >= 0.3 is 6.61 Å². The second kappa shape index (κ2) is 5.48. The Bertz CT molecular complexity index is 599. The van der Waals surface area contributed by atoms with Crippen molar-refractivity contribution >= 4 is 19.7 Å². The molecule has 1 rings (SSSR count). The lowest BCUT2D eigenvalue weighted by atomic mass is 10.1. The Morgan fingerprint density at radius 2 is 2.11 bits per heavy atom. The van der Waals surface area contributed by atoms with E-state index >= 15 is 0 Å². The summed E-state index contributed by atoms with van der Waals surface area (Å²) >= 11 is 0. The van der Waals surface area contributed by atoms with Crippen molar-refractivity contribution in [2.75, 3.05) is 0 Å². The normalized spacial score (nSPS) is 11.3. The molecule has 1 aromatic carbocycles. The van der Waals surface area contributed by atoms with E-state index in [1.165, 1.54) is 6.07 Å². The molecule has 0 aliphatic heterocycles. The van der Waals surface area contributed by atoms with Gasteiger partial charge in [0, 0.05) is 17.2 Å². The number of nitrogens with zero attached hydrogens (tertiary/aromatic N) is 1. The lowest BCUT2D eigenvalue weighted by molar-refractivity contribution is -0.0519. The van der Waals surface area contributed by atoms with Gasteiger partial charge in [-0.25, -0.2) is 8.42 Å². The van der Waals surface area contributed by atoms with Gasteiger partial charge in [-0.1, -0.05) is 6.07 Å². The topological polar surface area (TPSA) is 93.2 Å². The monoisotopic (exact) mass is 296 g/mol. The molecule has 9 heteroatoms. The minimum absolute atomic E-state index is 0.134. The molecule has 0 aliphatic carbocycles. The van der Waals surface area contributed by atoms with Gasteiger partial charge in [-0.2, -0.15) is 14.0 Å². The molecule has 0 radical (unpaired) electrons. The van der Waals surface area contributed by atoms with Crippen molar-refractivity contribution in [2.24, 2.45) is 5.73 Å². The van der Waals surface area contributed by atoms with Gasteiger partial charge in [0.2, 0.25) is 0 Å². The number of nitriles is 1. The van der Waals surface area contributed by atoms with Gasteiger partial charge in [0.15, 0.2) is 5.75 Å². The lowest BCUT2D eigenvalue weighted by Gasteiger charge is -2.12. The standard InChI is InChI=1S/C9H7ClF2N2O3S/c10-18(15,16)7-2-1-5(3-13)6(4-14)8(7)17-9(11)12/h1-2,9H,3,13H2. The van der Waals surface area contributed by atoms with E-state index in [2.05, 4.69) is 4.74 Å². The zero-order chi connectivity index (χ0) is 13.9. The molecule has 1 aromatic rings. The fourth-order valence-corrected chi connectivity index (χ4v) is 2.26. The summed E-state index contributed by atoms with van der Waals surface area (Å²) in [7, 11) is 0.764. The van der Waals surface area contributed by atoms with Crippen LogP contribution in [-0.2, 0) is 15.6 Å². The largest absolute Gasteiger partial charge is 0.432 e. The van der Waals surface area contributed by atoms with E-state index < -0.39 is 26.3 Å². The Balaban J connectivity index is 3.61. The number of rotatable bonds is 4. The number of nitrogens with two attached hydrogens (primary N) is 1. The summed E-state index contributed by atoms with van der Waals surface area (Å²) in [5.74, 6) is -0.787. The van der Waals surface area contributed by atoms with Crippen LogP contribution in [0.5, 0.6) is 5.75 Å². The highest BCUT2D eigenvalue weighted by Crippen LogP contribution is 2.33. The Hall–Kier alpha value is -1.43. The highest BCUT2D eigenvalue weighted by molar-refractivity contribution is 8.13. The maximum atomic E-state index is 12.2. The molecule has 0 atom stereocenters. The molecule has 98 valence electrons. The Labute approximate surface area is 106 Å². The van der Waals surface area contributed by atoms with Gasteiger partial charge in [0.25, 0.3) is 9.05 Å². The number of hydrogen-bond donors (Lipinski definition) is 1. The van der Waals surface area contributed by atoms with Crippen LogP contribution in [-0.4, -0.2) is 15.0 Å². The Morgan fingerprint density at radius 3 is 2.50 bits per heavy atom. The molecule has 0 aliphatic rings. The van der Waals surface area contributed by atoms with Crippen LogP contribution in [0.1, 0.15) is 11.1 Å². The van der Waals surface area contributed by atoms with Crippen molar-refractivity contribution in [1.82, 2.24) is 0 Å². The van der Waals surface area contributed by atoms with Crippen molar-refractivity contribution in [2.45, 2.75) is 18.1 Å². The van der Waals surface area contributed by atoms with Crippen LogP contribution in [0.3, 0.4) is 0 Å². The quantitative estimate of drug-likeness (QED) is 0.851. The molecule has 5 nitrogen and oxygen atoms in total. The van der Waals surface area contributed by atoms with Gasteiger partial charge in [-0.3, -0.25) is 0 Å². The highest BCUT2D eigenvalue weighted by Gasteiger charge is 2.24. The second-order valence-corrected chi connectivity index (χ2v) is 5.59. The van der Waals surface area contributed by atoms with Crippen molar-refractivity contribution in [1.29, 1.82) is 5.26 Å². The van der Waals surface area contributed by atoms with E-state index in [0.29, 0.717) is 0 Å². The fraction of sp³-hybridized carbons (Fsp3) is 0.222. The van der Waals surface area contributed by atoms with Crippen molar-refractivity contribution in [3.05, 3.63) is 23.3 Å². The molecule has 0 unspecified atom stereocenters. The molecule has 2 N–H and O–H groups in total. The molecule has 0 fully saturated rings. The Morgan fingerprint density at radius 1 is 1.50 bits per heavy atom. The smallest absolute Gasteiger partial charge is 0.387 e. The molecular weight excluding hydrogens is 290 g/mol. The molecule has 0 amide bonds. The number of ether oxygens (including phenoxy) is 1. The fourth-order valence-electron chi connectivity index (χ4n) is 1.30. The van der Waals surface area contributed by atoms with Gasteiger partial charge in [0.05, 0.1) is 0 Å². The zero-order valence-corrected chi connectivity index (χ0v) is 10.3.